The van der Waals surface area contributed by atoms with E-state index in [0.717, 1.165) is 24.7 Å². The van der Waals surface area contributed by atoms with Crippen molar-refractivity contribution < 1.29 is 23.5 Å². The molecule has 0 radical (unpaired) electrons. The summed E-state index contributed by atoms with van der Waals surface area (Å²) < 4.78 is 23.9. The molecule has 4 rings (SSSR count). The molecule has 0 spiro atoms. The molecule has 3 heterocycles. The SMILES string of the molecule is Cc1oc2cc(O/C(=C/C=N)c3[nH]cc(C(=O)N4CC[C@H]4C)c3C)ccc2c1/C(N)=N/OF. The van der Waals surface area contributed by atoms with Crippen molar-refractivity contribution in [3.63, 3.8) is 0 Å². The molecular formula is C23H24FN5O4. The molecule has 0 bridgehead atoms. The van der Waals surface area contributed by atoms with E-state index in [2.05, 4.69) is 15.2 Å². The van der Waals surface area contributed by atoms with E-state index in [4.69, 9.17) is 20.3 Å². The fourth-order valence-electron chi connectivity index (χ4n) is 3.98. The molecule has 0 unspecified atom stereocenters. The zero-order chi connectivity index (χ0) is 23.7. The number of rotatable bonds is 7. The van der Waals surface area contributed by atoms with E-state index in [0.29, 0.717) is 45.1 Å². The number of aryl methyl sites for hydroxylation is 1. The van der Waals surface area contributed by atoms with Gasteiger partial charge in [0.2, 0.25) is 0 Å². The number of hydrogen-bond acceptors (Lipinski definition) is 6. The summed E-state index contributed by atoms with van der Waals surface area (Å²) in [6, 6.07) is 5.28. The van der Waals surface area contributed by atoms with Gasteiger partial charge in [-0.1, -0.05) is 0 Å². The van der Waals surface area contributed by atoms with Gasteiger partial charge in [-0.25, -0.2) is 0 Å². The van der Waals surface area contributed by atoms with E-state index >= 15 is 0 Å². The molecule has 3 aromatic rings. The Morgan fingerprint density at radius 1 is 1.42 bits per heavy atom. The summed E-state index contributed by atoms with van der Waals surface area (Å²) >= 11 is 0. The van der Waals surface area contributed by atoms with Gasteiger partial charge in [-0.2, -0.15) is 5.04 Å². The minimum atomic E-state index is -0.150. The van der Waals surface area contributed by atoms with Crippen molar-refractivity contribution in [1.82, 2.24) is 9.88 Å². The van der Waals surface area contributed by atoms with Crippen LogP contribution in [-0.2, 0) is 5.04 Å². The van der Waals surface area contributed by atoms with Gasteiger partial charge in [-0.15, -0.1) is 0 Å². The monoisotopic (exact) mass is 453 g/mol. The second-order valence-corrected chi connectivity index (χ2v) is 7.87. The van der Waals surface area contributed by atoms with Crippen molar-refractivity contribution in [2.45, 2.75) is 33.2 Å². The van der Waals surface area contributed by atoms with E-state index in [1.165, 1.54) is 6.08 Å². The first kappa shape index (κ1) is 22.1. The van der Waals surface area contributed by atoms with Crippen LogP contribution in [0.3, 0.4) is 0 Å². The number of nitrogens with one attached hydrogen (secondary N) is 2. The minimum absolute atomic E-state index is 0.0283. The highest BCUT2D eigenvalue weighted by Gasteiger charge is 2.31. The van der Waals surface area contributed by atoms with Crippen LogP contribution in [0.5, 0.6) is 5.75 Å². The number of benzene rings is 1. The summed E-state index contributed by atoms with van der Waals surface area (Å²) in [7, 11) is 0. The Bertz CT molecular complexity index is 1290. The number of nitrogens with zero attached hydrogens (tertiary/aromatic N) is 2. The first-order valence-corrected chi connectivity index (χ1v) is 10.4. The molecule has 0 saturated carbocycles. The second-order valence-electron chi connectivity index (χ2n) is 7.87. The molecule has 33 heavy (non-hydrogen) atoms. The Kier molecular flexibility index (Phi) is 5.91. The summed E-state index contributed by atoms with van der Waals surface area (Å²) in [5, 5.41) is 14.6. The van der Waals surface area contributed by atoms with Gasteiger partial charge in [0, 0.05) is 47.1 Å². The van der Waals surface area contributed by atoms with E-state index in [1.54, 1.807) is 31.3 Å². The number of amidine groups is 1. The van der Waals surface area contributed by atoms with Crippen molar-refractivity contribution in [3.05, 3.63) is 58.6 Å². The number of aromatic nitrogens is 1. The molecule has 2 aromatic heterocycles. The van der Waals surface area contributed by atoms with Crippen LogP contribution in [0.1, 0.15) is 46.3 Å². The van der Waals surface area contributed by atoms with E-state index in [-0.39, 0.29) is 17.8 Å². The Hall–Kier alpha value is -4.08. The summed E-state index contributed by atoms with van der Waals surface area (Å²) in [6.45, 7) is 6.29. The van der Waals surface area contributed by atoms with Crippen LogP contribution < -0.4 is 10.5 Å². The van der Waals surface area contributed by atoms with Crippen LogP contribution in [0.4, 0.5) is 4.53 Å². The number of furan rings is 1. The van der Waals surface area contributed by atoms with Gasteiger partial charge in [-0.3, -0.25) is 4.79 Å². The third-order valence-electron chi connectivity index (χ3n) is 5.89. The molecule has 1 saturated heterocycles. The number of fused-ring (bicyclic) bond motifs is 1. The topological polar surface area (TPSA) is 130 Å². The third kappa shape index (κ3) is 3.95. The third-order valence-corrected chi connectivity index (χ3v) is 5.89. The maximum atomic E-state index is 12.8. The van der Waals surface area contributed by atoms with Crippen molar-refractivity contribution in [2.75, 3.05) is 6.54 Å². The largest absolute Gasteiger partial charge is 0.460 e. The van der Waals surface area contributed by atoms with Crippen molar-refractivity contribution in [3.8, 4) is 5.75 Å². The molecule has 9 nitrogen and oxygen atoms in total. The van der Waals surface area contributed by atoms with Gasteiger partial charge in [-0.05, 0) is 50.0 Å². The van der Waals surface area contributed by atoms with Crippen LogP contribution >= 0.6 is 0 Å². The van der Waals surface area contributed by atoms with Gasteiger partial charge >= 0.3 is 0 Å². The van der Waals surface area contributed by atoms with Gasteiger partial charge in [0.15, 0.2) is 11.6 Å². The highest BCUT2D eigenvalue weighted by atomic mass is 19.3. The summed E-state index contributed by atoms with van der Waals surface area (Å²) in [4.78, 5) is 17.8. The summed E-state index contributed by atoms with van der Waals surface area (Å²) in [5.41, 5.74) is 8.55. The highest BCUT2D eigenvalue weighted by molar-refractivity contribution is 6.09. The second kappa shape index (κ2) is 8.81. The molecule has 1 fully saturated rings. The van der Waals surface area contributed by atoms with Crippen molar-refractivity contribution in [2.24, 2.45) is 10.9 Å². The van der Waals surface area contributed by atoms with Crippen LogP contribution in [0.25, 0.3) is 16.7 Å². The van der Waals surface area contributed by atoms with Crippen LogP contribution in [0.2, 0.25) is 0 Å². The molecule has 1 aliphatic heterocycles. The van der Waals surface area contributed by atoms with E-state index < -0.39 is 0 Å². The number of hydrogen-bond donors (Lipinski definition) is 3. The quantitative estimate of drug-likeness (QED) is 0.214. The molecule has 1 aromatic carbocycles. The fraction of sp³-hybridized carbons (Fsp3) is 0.261. The standard InChI is InChI=1S/C23H24FN5O4/c1-12-7-9-29(12)23(30)17-11-27-21(13(17)2)18(6-8-25)32-15-4-5-16-19(10-15)31-14(3)20(16)22(26)28-33-24/h4-6,8,10-12,25,27H,7,9H2,1-3H3,(H2,26,28)/b18-6+,25-8?/t12-/m1/s1. The predicted octanol–water partition coefficient (Wildman–Crippen LogP) is 4.20. The van der Waals surface area contributed by atoms with Crippen LogP contribution in [0, 0.1) is 19.3 Å². The molecule has 1 amide bonds. The summed E-state index contributed by atoms with van der Waals surface area (Å²) in [5.74, 6) is 1.07. The highest BCUT2D eigenvalue weighted by Crippen LogP contribution is 2.32. The van der Waals surface area contributed by atoms with Gasteiger partial charge in [0.1, 0.15) is 17.1 Å². The molecule has 4 N–H and O–H groups in total. The number of carbonyl (C=O) groups excluding carboxylic acids is 1. The molecular weight excluding hydrogens is 429 g/mol. The number of likely N-dealkylation sites (tertiary alicyclic amines) is 1. The Labute approximate surface area is 189 Å². The lowest BCUT2D eigenvalue weighted by Gasteiger charge is -2.38. The smallest absolute Gasteiger partial charge is 0.255 e. The first-order chi connectivity index (χ1) is 15.8. The zero-order valence-electron chi connectivity index (χ0n) is 18.4. The number of amides is 1. The number of aromatic amines is 1. The lowest BCUT2D eigenvalue weighted by molar-refractivity contribution is -0.131. The average molecular weight is 453 g/mol. The van der Waals surface area contributed by atoms with E-state index in [9.17, 15) is 9.32 Å². The predicted molar refractivity (Wildman–Crippen MR) is 122 cm³/mol. The lowest BCUT2D eigenvalue weighted by Crippen LogP contribution is -2.49. The number of oxime groups is 1. The van der Waals surface area contributed by atoms with Gasteiger partial charge in [0.05, 0.1) is 16.8 Å². The van der Waals surface area contributed by atoms with Crippen LogP contribution in [0.15, 0.2) is 40.0 Å². The molecule has 0 aliphatic carbocycles. The number of H-pyrrole nitrogens is 1. The normalized spacial score (nSPS) is 16.6. The lowest BCUT2D eigenvalue weighted by atomic mass is 10.0. The number of ether oxygens (including phenoxy) is 1. The number of carbonyl (C=O) groups is 1. The number of nitrogens with two attached hydrogens (primary N) is 1. The van der Waals surface area contributed by atoms with Gasteiger partial charge < -0.3 is 30.2 Å². The minimum Gasteiger partial charge on any atom is -0.460 e. The average Bonchev–Trinajstić information content (AvgIpc) is 3.31. The number of allylic oxidation sites excluding steroid dienone is 1. The maximum absolute atomic E-state index is 12.8. The fourth-order valence-corrected chi connectivity index (χ4v) is 3.98. The zero-order valence-corrected chi connectivity index (χ0v) is 18.4. The van der Waals surface area contributed by atoms with Gasteiger partial charge in [0.25, 0.3) is 5.91 Å². The Balaban J connectivity index is 1.64. The molecule has 172 valence electrons. The number of halogens is 1. The maximum Gasteiger partial charge on any atom is 0.255 e. The molecule has 1 atom stereocenters. The van der Waals surface area contributed by atoms with Crippen molar-refractivity contribution in [1.29, 1.82) is 5.41 Å². The molecule has 1 aliphatic rings. The first-order valence-electron chi connectivity index (χ1n) is 10.4. The van der Waals surface area contributed by atoms with E-state index in [1.807, 2.05) is 18.7 Å². The Morgan fingerprint density at radius 2 is 2.21 bits per heavy atom. The molecule has 10 heteroatoms. The summed E-state index contributed by atoms with van der Waals surface area (Å²) in [6.07, 6.45) is 5.26. The van der Waals surface area contributed by atoms with Crippen molar-refractivity contribution >= 4 is 34.7 Å². The van der Waals surface area contributed by atoms with Crippen LogP contribution in [-0.4, -0.2) is 40.4 Å². The Morgan fingerprint density at radius 3 is 2.85 bits per heavy atom.